The van der Waals surface area contributed by atoms with Gasteiger partial charge in [0.05, 0.1) is 11.2 Å². The van der Waals surface area contributed by atoms with Crippen molar-refractivity contribution in [2.45, 2.75) is 58.2 Å². The molecule has 0 unspecified atom stereocenters. The van der Waals surface area contributed by atoms with Crippen LogP contribution in [0.15, 0.2) is 97.1 Å². The van der Waals surface area contributed by atoms with Gasteiger partial charge in [-0.1, -0.05) is 80.0 Å². The number of hydrogen-bond donors (Lipinski definition) is 1. The zero-order valence-electron chi connectivity index (χ0n) is 22.7. The number of benzene rings is 4. The van der Waals surface area contributed by atoms with Gasteiger partial charge in [-0.15, -0.1) is 0 Å². The highest BCUT2D eigenvalue weighted by Crippen LogP contribution is 2.50. The van der Waals surface area contributed by atoms with Crippen LogP contribution in [0.25, 0.3) is 11.1 Å². The average molecular weight is 489 g/mol. The Balaban J connectivity index is 1.56. The second-order valence-electron chi connectivity index (χ2n) is 11.6. The third kappa shape index (κ3) is 4.61. The molecule has 1 aliphatic carbocycles. The Morgan fingerprint density at radius 3 is 2.03 bits per heavy atom. The summed E-state index contributed by atoms with van der Waals surface area (Å²) >= 11 is 0. The summed E-state index contributed by atoms with van der Waals surface area (Å²) in [6.07, 6.45) is 0. The van der Waals surface area contributed by atoms with Crippen molar-refractivity contribution in [3.05, 3.63) is 108 Å². The molecule has 0 atom stereocenters. The number of rotatable bonds is 7. The van der Waals surface area contributed by atoms with Crippen LogP contribution < -0.4 is 10.4 Å². The first-order valence-corrected chi connectivity index (χ1v) is 13.0. The van der Waals surface area contributed by atoms with Gasteiger partial charge in [0.15, 0.2) is 0 Å². The normalized spacial score (nSPS) is 14.1. The van der Waals surface area contributed by atoms with Crippen molar-refractivity contribution in [3.63, 3.8) is 0 Å². The fourth-order valence-corrected chi connectivity index (χ4v) is 5.08. The van der Waals surface area contributed by atoms with Crippen LogP contribution in [-0.4, -0.2) is 23.8 Å². The molecule has 0 aliphatic heterocycles. The van der Waals surface area contributed by atoms with Crippen LogP contribution in [0.5, 0.6) is 0 Å². The summed E-state index contributed by atoms with van der Waals surface area (Å²) in [5, 5.41) is 10.5. The summed E-state index contributed by atoms with van der Waals surface area (Å²) in [5.41, 5.74) is 8.03. The van der Waals surface area contributed by atoms with Crippen molar-refractivity contribution in [1.82, 2.24) is 0 Å². The molecule has 37 heavy (non-hydrogen) atoms. The van der Waals surface area contributed by atoms with Gasteiger partial charge in [0, 0.05) is 22.5 Å². The number of anilines is 3. The van der Waals surface area contributed by atoms with E-state index in [4.69, 9.17) is 4.65 Å². The quantitative estimate of drug-likeness (QED) is 0.284. The molecule has 0 spiro atoms. The topological polar surface area (TPSA) is 32.7 Å². The van der Waals surface area contributed by atoms with Crippen LogP contribution >= 0.6 is 0 Å². The van der Waals surface area contributed by atoms with Crippen LogP contribution in [0, 0.1) is 0 Å². The van der Waals surface area contributed by atoms with Gasteiger partial charge in [0.25, 0.3) is 0 Å². The summed E-state index contributed by atoms with van der Waals surface area (Å²) in [7, 11) is 0.417. The van der Waals surface area contributed by atoms with Crippen LogP contribution in [-0.2, 0) is 10.1 Å². The second kappa shape index (κ2) is 9.20. The van der Waals surface area contributed by atoms with Gasteiger partial charge < -0.3 is 14.7 Å². The van der Waals surface area contributed by atoms with Gasteiger partial charge in [-0.2, -0.15) is 0 Å². The highest BCUT2D eigenvalue weighted by atomic mass is 16.5. The zero-order chi connectivity index (χ0) is 26.4. The van der Waals surface area contributed by atoms with Crippen molar-refractivity contribution in [3.8, 4) is 11.1 Å². The number of para-hydroxylation sites is 1. The number of fused-ring (bicyclic) bond motifs is 3. The minimum atomic E-state index is -0.949. The largest absolute Gasteiger partial charge is 0.427 e. The number of hydrogen-bond acceptors (Lipinski definition) is 3. The Kier molecular flexibility index (Phi) is 6.30. The van der Waals surface area contributed by atoms with Crippen molar-refractivity contribution in [1.29, 1.82) is 0 Å². The van der Waals surface area contributed by atoms with E-state index in [0.717, 1.165) is 22.5 Å². The molecule has 0 bridgehead atoms. The van der Waals surface area contributed by atoms with Gasteiger partial charge in [-0.25, -0.2) is 0 Å². The first-order chi connectivity index (χ1) is 17.5. The van der Waals surface area contributed by atoms with Gasteiger partial charge in [-0.05, 0) is 86.3 Å². The predicted molar refractivity (Wildman–Crippen MR) is 157 cm³/mol. The fraction of sp³-hybridized carbons (Fsp3) is 0.273. The molecule has 4 heteroatoms. The van der Waals surface area contributed by atoms with E-state index in [1.165, 1.54) is 22.3 Å². The molecule has 3 nitrogen and oxygen atoms in total. The molecule has 0 saturated carbocycles. The Morgan fingerprint density at radius 1 is 0.676 bits per heavy atom. The van der Waals surface area contributed by atoms with Crippen molar-refractivity contribution in [2.75, 3.05) is 4.90 Å². The van der Waals surface area contributed by atoms with Crippen LogP contribution in [0.1, 0.15) is 52.7 Å². The molecule has 0 saturated heterocycles. The third-order valence-electron chi connectivity index (χ3n) is 8.08. The van der Waals surface area contributed by atoms with E-state index in [1.54, 1.807) is 13.8 Å². The predicted octanol–water partition coefficient (Wildman–Crippen LogP) is 7.01. The first-order valence-electron chi connectivity index (χ1n) is 13.0. The van der Waals surface area contributed by atoms with Gasteiger partial charge in [0.2, 0.25) is 0 Å². The first kappa shape index (κ1) is 25.3. The molecular weight excluding hydrogens is 453 g/mol. The molecule has 0 amide bonds. The smallest absolute Gasteiger partial charge is 0.309 e. The zero-order valence-corrected chi connectivity index (χ0v) is 22.7. The molecule has 0 heterocycles. The molecule has 0 aromatic heterocycles. The molecule has 188 valence electrons. The van der Waals surface area contributed by atoms with E-state index < -0.39 is 11.2 Å². The monoisotopic (exact) mass is 489 g/mol. The van der Waals surface area contributed by atoms with E-state index in [-0.39, 0.29) is 5.41 Å². The minimum Gasteiger partial charge on any atom is -0.427 e. The van der Waals surface area contributed by atoms with E-state index >= 15 is 0 Å². The summed E-state index contributed by atoms with van der Waals surface area (Å²) in [6, 6.07) is 34.6. The Hall–Kier alpha value is -3.34. The lowest BCUT2D eigenvalue weighted by Crippen LogP contribution is -2.49. The van der Waals surface area contributed by atoms with Gasteiger partial charge >= 0.3 is 7.48 Å². The Labute approximate surface area is 222 Å². The van der Waals surface area contributed by atoms with E-state index in [1.807, 2.05) is 19.9 Å². The lowest BCUT2D eigenvalue weighted by Gasteiger charge is -2.37. The van der Waals surface area contributed by atoms with Crippen molar-refractivity contribution >= 4 is 30.0 Å². The van der Waals surface area contributed by atoms with E-state index in [9.17, 15) is 5.11 Å². The summed E-state index contributed by atoms with van der Waals surface area (Å²) in [6.45, 7) is 12.1. The van der Waals surface area contributed by atoms with Crippen molar-refractivity contribution < 1.29 is 9.76 Å². The molecule has 4 aromatic rings. The Morgan fingerprint density at radius 2 is 1.30 bits per heavy atom. The molecule has 0 fully saturated rings. The van der Waals surface area contributed by atoms with Gasteiger partial charge in [-0.3, -0.25) is 0 Å². The average Bonchev–Trinajstić information content (AvgIpc) is 3.10. The van der Waals surface area contributed by atoms with Crippen LogP contribution in [0.4, 0.5) is 17.1 Å². The second-order valence-corrected chi connectivity index (χ2v) is 11.6. The summed E-state index contributed by atoms with van der Waals surface area (Å²) < 4.78 is 6.18. The number of nitrogens with zero attached hydrogens (tertiary/aromatic N) is 1. The molecule has 0 radical (unpaired) electrons. The number of aliphatic hydroxyl groups is 1. The standard InChI is InChI=1S/C33H36BNO2/c1-31(2)29-18-11-10-17-27(29)28-20-19-26(22-30(28)31)35(24-14-8-7-9-15-24)25-16-12-13-23(21-25)34-37-33(5,6)32(3,4)36/h7-22,34,36H,1-6H3. The fourth-order valence-electron chi connectivity index (χ4n) is 5.08. The third-order valence-corrected chi connectivity index (χ3v) is 8.08. The minimum absolute atomic E-state index is 0.0668. The lowest BCUT2D eigenvalue weighted by molar-refractivity contribution is -0.0893. The molecule has 1 aliphatic rings. The maximum absolute atomic E-state index is 10.5. The highest BCUT2D eigenvalue weighted by molar-refractivity contribution is 6.47. The summed E-state index contributed by atoms with van der Waals surface area (Å²) in [5.74, 6) is 0. The maximum Gasteiger partial charge on any atom is 0.309 e. The van der Waals surface area contributed by atoms with Crippen LogP contribution in [0.2, 0.25) is 0 Å². The van der Waals surface area contributed by atoms with Gasteiger partial charge in [0.1, 0.15) is 0 Å². The molecule has 5 rings (SSSR count). The molecular formula is C33H36BNO2. The highest BCUT2D eigenvalue weighted by Gasteiger charge is 2.36. The Bertz CT molecular complexity index is 1420. The van der Waals surface area contributed by atoms with E-state index in [0.29, 0.717) is 7.48 Å². The van der Waals surface area contributed by atoms with E-state index in [2.05, 4.69) is 110 Å². The maximum atomic E-state index is 10.5. The summed E-state index contributed by atoms with van der Waals surface area (Å²) in [4.78, 5) is 2.31. The van der Waals surface area contributed by atoms with Crippen LogP contribution in [0.3, 0.4) is 0 Å². The SMILES string of the molecule is CC1(C)c2ccccc2-c2ccc(N(c3ccccc3)c3cccc(BOC(C)(C)C(C)(C)O)c3)cc21. The van der Waals surface area contributed by atoms with Crippen molar-refractivity contribution in [2.24, 2.45) is 0 Å². The lowest BCUT2D eigenvalue weighted by atomic mass is 9.82. The molecule has 1 N–H and O–H groups in total. The molecule has 4 aromatic carbocycles.